The zero-order valence-corrected chi connectivity index (χ0v) is 12.7. The summed E-state index contributed by atoms with van der Waals surface area (Å²) >= 11 is 0. The highest BCUT2D eigenvalue weighted by Crippen LogP contribution is 2.50. The van der Waals surface area contributed by atoms with Crippen molar-refractivity contribution in [3.63, 3.8) is 0 Å². The number of rotatable bonds is 3. The van der Waals surface area contributed by atoms with Gasteiger partial charge in [0, 0.05) is 18.1 Å². The Morgan fingerprint density at radius 3 is 2.29 bits per heavy atom. The van der Waals surface area contributed by atoms with Crippen LogP contribution in [0.2, 0.25) is 0 Å². The Hall–Kier alpha value is -2.73. The predicted octanol–water partition coefficient (Wildman–Crippen LogP) is 3.20. The molecular weight excluding hydrogens is 310 g/mol. The molecule has 0 N–H and O–H groups in total. The maximum Gasteiger partial charge on any atom is 0.313 e. The van der Waals surface area contributed by atoms with Crippen LogP contribution in [0.1, 0.15) is 23.3 Å². The number of ether oxygens (including phenoxy) is 2. The first-order valence-electron chi connectivity index (χ1n) is 7.76. The number of carbonyl (C=O) groups is 1. The van der Waals surface area contributed by atoms with Crippen LogP contribution in [0.4, 0.5) is 5.69 Å². The Labute approximate surface area is 138 Å². The van der Waals surface area contributed by atoms with Crippen LogP contribution in [0.25, 0.3) is 0 Å². The van der Waals surface area contributed by atoms with Crippen LogP contribution in [0.15, 0.2) is 54.6 Å². The molecule has 24 heavy (non-hydrogen) atoms. The lowest BCUT2D eigenvalue weighted by Crippen LogP contribution is -2.17. The summed E-state index contributed by atoms with van der Waals surface area (Å²) in [4.78, 5) is 22.7. The van der Waals surface area contributed by atoms with E-state index in [0.717, 1.165) is 11.1 Å². The molecule has 2 aromatic carbocycles. The van der Waals surface area contributed by atoms with Crippen LogP contribution < -0.4 is 0 Å². The van der Waals surface area contributed by atoms with E-state index in [0.29, 0.717) is 6.61 Å². The quantitative estimate of drug-likeness (QED) is 0.492. The van der Waals surface area contributed by atoms with Crippen LogP contribution in [0.3, 0.4) is 0 Å². The van der Waals surface area contributed by atoms with Crippen molar-refractivity contribution in [2.75, 3.05) is 6.61 Å². The van der Waals surface area contributed by atoms with Gasteiger partial charge in [-0.3, -0.25) is 14.9 Å². The summed E-state index contributed by atoms with van der Waals surface area (Å²) in [6.07, 6.45) is -0.719. The number of nitrogens with zero attached hydrogens (tertiary/aromatic N) is 1. The van der Waals surface area contributed by atoms with E-state index in [1.54, 1.807) is 12.1 Å². The molecule has 6 heteroatoms. The molecule has 2 aliphatic rings. The molecule has 2 aliphatic heterocycles. The third-order valence-corrected chi connectivity index (χ3v) is 4.72. The number of hydrogen-bond acceptors (Lipinski definition) is 5. The molecule has 0 amide bonds. The standard InChI is InChI=1S/C18H15NO5/c20-18-15-14(16(24-18)11-4-2-1-3-5-11)10-23-17(15)12-6-8-13(9-7-12)19(21)22/h1-9,14-17H,10H2/t14-,15-,16+,17-/m0/s1. The number of non-ortho nitro benzene ring substituents is 1. The highest BCUT2D eigenvalue weighted by Gasteiger charge is 2.54. The Kier molecular flexibility index (Phi) is 3.54. The first kappa shape index (κ1) is 14.8. The second kappa shape index (κ2) is 5.72. The van der Waals surface area contributed by atoms with Gasteiger partial charge < -0.3 is 9.47 Å². The van der Waals surface area contributed by atoms with Gasteiger partial charge in [0.05, 0.1) is 23.6 Å². The van der Waals surface area contributed by atoms with Gasteiger partial charge in [0.15, 0.2) is 0 Å². The van der Waals surface area contributed by atoms with Gasteiger partial charge >= 0.3 is 5.97 Å². The summed E-state index contributed by atoms with van der Waals surface area (Å²) in [5.41, 5.74) is 1.74. The minimum Gasteiger partial charge on any atom is -0.457 e. The van der Waals surface area contributed by atoms with Crippen molar-refractivity contribution in [2.45, 2.75) is 12.2 Å². The largest absolute Gasteiger partial charge is 0.457 e. The van der Waals surface area contributed by atoms with Gasteiger partial charge in [-0.2, -0.15) is 0 Å². The van der Waals surface area contributed by atoms with E-state index in [1.807, 2.05) is 30.3 Å². The van der Waals surface area contributed by atoms with Crippen LogP contribution in [-0.4, -0.2) is 17.5 Å². The van der Waals surface area contributed by atoms with Gasteiger partial charge in [-0.05, 0) is 23.3 Å². The van der Waals surface area contributed by atoms with Crippen LogP contribution in [-0.2, 0) is 14.3 Å². The molecule has 0 saturated carbocycles. The van der Waals surface area contributed by atoms with Gasteiger partial charge in [0.25, 0.3) is 5.69 Å². The van der Waals surface area contributed by atoms with E-state index in [9.17, 15) is 14.9 Å². The summed E-state index contributed by atoms with van der Waals surface area (Å²) in [7, 11) is 0. The predicted molar refractivity (Wildman–Crippen MR) is 84.0 cm³/mol. The lowest BCUT2D eigenvalue weighted by Gasteiger charge is -2.14. The van der Waals surface area contributed by atoms with Gasteiger partial charge in [-0.1, -0.05) is 30.3 Å². The first-order valence-corrected chi connectivity index (χ1v) is 7.76. The molecule has 0 bridgehead atoms. The first-order chi connectivity index (χ1) is 11.6. The van der Waals surface area contributed by atoms with Gasteiger partial charge in [-0.15, -0.1) is 0 Å². The molecule has 2 aromatic rings. The van der Waals surface area contributed by atoms with E-state index in [-0.39, 0.29) is 29.6 Å². The minimum atomic E-state index is -0.447. The number of cyclic esters (lactones) is 1. The number of carbonyl (C=O) groups excluding carboxylic acids is 1. The molecule has 0 aliphatic carbocycles. The monoisotopic (exact) mass is 325 g/mol. The normalized spacial score (nSPS) is 28.4. The van der Waals surface area contributed by atoms with Crippen molar-refractivity contribution in [2.24, 2.45) is 11.8 Å². The van der Waals surface area contributed by atoms with Crippen molar-refractivity contribution in [3.8, 4) is 0 Å². The average Bonchev–Trinajstić information content (AvgIpc) is 3.17. The maximum atomic E-state index is 12.4. The van der Waals surface area contributed by atoms with Crippen LogP contribution in [0.5, 0.6) is 0 Å². The highest BCUT2D eigenvalue weighted by molar-refractivity contribution is 5.77. The molecule has 2 saturated heterocycles. The minimum absolute atomic E-state index is 0.0180. The Balaban J connectivity index is 1.60. The number of esters is 1. The van der Waals surface area contributed by atoms with E-state index < -0.39 is 11.0 Å². The van der Waals surface area contributed by atoms with Crippen LogP contribution in [0, 0.1) is 22.0 Å². The lowest BCUT2D eigenvalue weighted by atomic mass is 9.84. The zero-order chi connectivity index (χ0) is 16.7. The van der Waals surface area contributed by atoms with Crippen molar-refractivity contribution in [1.29, 1.82) is 0 Å². The number of nitro benzene ring substituents is 1. The third-order valence-electron chi connectivity index (χ3n) is 4.72. The molecule has 0 radical (unpaired) electrons. The van der Waals surface area contributed by atoms with E-state index >= 15 is 0 Å². The molecule has 122 valence electrons. The highest BCUT2D eigenvalue weighted by atomic mass is 16.6. The summed E-state index contributed by atoms with van der Waals surface area (Å²) in [6.45, 7) is 0.428. The molecule has 0 spiro atoms. The summed E-state index contributed by atoms with van der Waals surface area (Å²) in [5, 5.41) is 10.8. The third kappa shape index (κ3) is 2.35. The molecule has 2 heterocycles. The summed E-state index contributed by atoms with van der Waals surface area (Å²) in [6, 6.07) is 15.8. The van der Waals surface area contributed by atoms with E-state index in [4.69, 9.17) is 9.47 Å². The average molecular weight is 325 g/mol. The number of hydrogen-bond donors (Lipinski definition) is 0. The number of benzene rings is 2. The second-order valence-electron chi connectivity index (χ2n) is 6.06. The van der Waals surface area contributed by atoms with Gasteiger partial charge in [0.1, 0.15) is 6.10 Å². The molecule has 0 unspecified atom stereocenters. The smallest absolute Gasteiger partial charge is 0.313 e. The fourth-order valence-electron chi connectivity index (χ4n) is 3.56. The molecular formula is C18H15NO5. The van der Waals surface area contributed by atoms with Crippen LogP contribution >= 0.6 is 0 Å². The van der Waals surface area contributed by atoms with Crippen molar-refractivity contribution in [3.05, 3.63) is 75.8 Å². The molecule has 0 aromatic heterocycles. The fraction of sp³-hybridized carbons (Fsp3) is 0.278. The lowest BCUT2D eigenvalue weighted by molar-refractivity contribution is -0.384. The summed E-state index contributed by atoms with van der Waals surface area (Å²) < 4.78 is 11.5. The molecule has 4 rings (SSSR count). The summed E-state index contributed by atoms with van der Waals surface area (Å²) in [5.74, 6) is -0.688. The van der Waals surface area contributed by atoms with E-state index in [2.05, 4.69) is 0 Å². The Morgan fingerprint density at radius 2 is 1.62 bits per heavy atom. The van der Waals surface area contributed by atoms with Crippen molar-refractivity contribution in [1.82, 2.24) is 0 Å². The second-order valence-corrected chi connectivity index (χ2v) is 6.06. The van der Waals surface area contributed by atoms with Gasteiger partial charge in [0.2, 0.25) is 0 Å². The zero-order valence-electron chi connectivity index (χ0n) is 12.7. The van der Waals surface area contributed by atoms with E-state index in [1.165, 1.54) is 12.1 Å². The topological polar surface area (TPSA) is 78.7 Å². The number of fused-ring (bicyclic) bond motifs is 1. The Morgan fingerprint density at radius 1 is 0.958 bits per heavy atom. The SMILES string of the molecule is O=C1O[C@H](c2ccccc2)[C@H]2CO[C@@H](c3ccc([N+](=O)[O-])cc3)[C@@H]12. The van der Waals surface area contributed by atoms with Crippen molar-refractivity contribution < 1.29 is 19.2 Å². The van der Waals surface area contributed by atoms with Gasteiger partial charge in [-0.25, -0.2) is 0 Å². The molecule has 6 nitrogen and oxygen atoms in total. The number of nitro groups is 1. The molecule has 2 fully saturated rings. The maximum absolute atomic E-state index is 12.4. The fourth-order valence-corrected chi connectivity index (χ4v) is 3.56. The van der Waals surface area contributed by atoms with Crippen molar-refractivity contribution >= 4 is 11.7 Å². The Bertz CT molecular complexity index is 774. The molecule has 4 atom stereocenters.